The van der Waals surface area contributed by atoms with Gasteiger partial charge in [0.15, 0.2) is 5.82 Å². The van der Waals surface area contributed by atoms with Crippen LogP contribution in [-0.2, 0) is 17.7 Å². The topological polar surface area (TPSA) is 68.2 Å². The summed E-state index contributed by atoms with van der Waals surface area (Å²) < 4.78 is 5.41. The zero-order chi connectivity index (χ0) is 14.3. The predicted octanol–water partition coefficient (Wildman–Crippen LogP) is 2.04. The van der Waals surface area contributed by atoms with Crippen LogP contribution in [0.3, 0.4) is 0 Å². The number of carbonyl (C=O) groups is 1. The van der Waals surface area contributed by atoms with Gasteiger partial charge in [0.2, 0.25) is 0 Å². The van der Waals surface area contributed by atoms with E-state index in [1.54, 1.807) is 4.90 Å². The standard InChI is InChI=1S/C14H20N4O2/c1-14(2,3)20-13(19)18-7-6-10-11(8-18)15-12(17-16-10)9-4-5-9/h9H,4-8H2,1-3H3. The molecule has 2 heterocycles. The SMILES string of the molecule is CC(C)(C)OC(=O)N1CCc2nnc(C3CC3)nc2C1. The fraction of sp³-hybridized carbons (Fsp3) is 0.714. The molecule has 3 rings (SSSR count). The average molecular weight is 276 g/mol. The van der Waals surface area contributed by atoms with Crippen LogP contribution in [0.2, 0.25) is 0 Å². The lowest BCUT2D eigenvalue weighted by molar-refractivity contribution is 0.0219. The summed E-state index contributed by atoms with van der Waals surface area (Å²) in [5, 5.41) is 8.45. The Morgan fingerprint density at radius 3 is 2.65 bits per heavy atom. The summed E-state index contributed by atoms with van der Waals surface area (Å²) in [5.41, 5.74) is 1.31. The molecule has 0 atom stereocenters. The van der Waals surface area contributed by atoms with E-state index < -0.39 is 5.60 Å². The zero-order valence-corrected chi connectivity index (χ0v) is 12.2. The largest absolute Gasteiger partial charge is 0.444 e. The monoisotopic (exact) mass is 276 g/mol. The van der Waals surface area contributed by atoms with E-state index in [9.17, 15) is 4.79 Å². The molecule has 1 aromatic rings. The Morgan fingerprint density at radius 2 is 2.00 bits per heavy atom. The summed E-state index contributed by atoms with van der Waals surface area (Å²) >= 11 is 0. The fourth-order valence-electron chi connectivity index (χ4n) is 2.21. The molecule has 20 heavy (non-hydrogen) atoms. The van der Waals surface area contributed by atoms with Crippen LogP contribution in [0, 0.1) is 0 Å². The van der Waals surface area contributed by atoms with Gasteiger partial charge in [0, 0.05) is 18.9 Å². The maximum Gasteiger partial charge on any atom is 0.410 e. The van der Waals surface area contributed by atoms with Gasteiger partial charge < -0.3 is 9.64 Å². The van der Waals surface area contributed by atoms with Crippen LogP contribution in [0.4, 0.5) is 4.79 Å². The van der Waals surface area contributed by atoms with E-state index in [0.717, 1.165) is 30.1 Å². The van der Waals surface area contributed by atoms with Crippen LogP contribution in [-0.4, -0.2) is 38.3 Å². The molecular formula is C14H20N4O2. The molecular weight excluding hydrogens is 256 g/mol. The highest BCUT2D eigenvalue weighted by molar-refractivity contribution is 5.68. The van der Waals surface area contributed by atoms with Crippen LogP contribution in [0.5, 0.6) is 0 Å². The van der Waals surface area contributed by atoms with E-state index in [1.165, 1.54) is 0 Å². The van der Waals surface area contributed by atoms with Gasteiger partial charge >= 0.3 is 6.09 Å². The molecule has 0 bridgehead atoms. The Labute approximate surface area is 118 Å². The summed E-state index contributed by atoms with van der Waals surface area (Å²) in [6.07, 6.45) is 2.71. The lowest BCUT2D eigenvalue weighted by Crippen LogP contribution is -2.40. The molecule has 0 saturated heterocycles. The van der Waals surface area contributed by atoms with Crippen molar-refractivity contribution < 1.29 is 9.53 Å². The van der Waals surface area contributed by atoms with Gasteiger partial charge in [-0.1, -0.05) is 0 Å². The first kappa shape index (κ1) is 13.3. The van der Waals surface area contributed by atoms with Crippen molar-refractivity contribution in [2.24, 2.45) is 0 Å². The van der Waals surface area contributed by atoms with Crippen molar-refractivity contribution in [3.8, 4) is 0 Å². The van der Waals surface area contributed by atoms with Crippen molar-refractivity contribution in [3.05, 3.63) is 17.2 Å². The summed E-state index contributed by atoms with van der Waals surface area (Å²) in [6, 6.07) is 0. The third-order valence-corrected chi connectivity index (χ3v) is 3.41. The summed E-state index contributed by atoms with van der Waals surface area (Å²) in [6.45, 7) is 6.70. The molecule has 108 valence electrons. The molecule has 1 aromatic heterocycles. The molecule has 6 nitrogen and oxygen atoms in total. The van der Waals surface area contributed by atoms with Gasteiger partial charge in [0.1, 0.15) is 5.60 Å². The van der Waals surface area contributed by atoms with Gasteiger partial charge in [0.05, 0.1) is 17.9 Å². The summed E-state index contributed by atoms with van der Waals surface area (Å²) in [4.78, 5) is 18.4. The second-order valence-electron chi connectivity index (χ2n) is 6.49. The average Bonchev–Trinajstić information content (AvgIpc) is 3.19. The second-order valence-corrected chi connectivity index (χ2v) is 6.49. The molecule has 0 N–H and O–H groups in total. The number of ether oxygens (including phenoxy) is 1. The Morgan fingerprint density at radius 1 is 1.25 bits per heavy atom. The normalized spacial score (nSPS) is 18.6. The summed E-state index contributed by atoms with van der Waals surface area (Å²) in [5.74, 6) is 1.31. The molecule has 2 aliphatic rings. The van der Waals surface area contributed by atoms with Gasteiger partial charge in [-0.05, 0) is 33.6 Å². The number of fused-ring (bicyclic) bond motifs is 1. The van der Waals surface area contributed by atoms with Gasteiger partial charge in [-0.3, -0.25) is 0 Å². The van der Waals surface area contributed by atoms with Crippen LogP contribution in [0.1, 0.15) is 56.7 Å². The summed E-state index contributed by atoms with van der Waals surface area (Å²) in [7, 11) is 0. The van der Waals surface area contributed by atoms with E-state index in [4.69, 9.17) is 4.74 Å². The zero-order valence-electron chi connectivity index (χ0n) is 12.2. The maximum atomic E-state index is 12.1. The molecule has 0 aromatic carbocycles. The Hall–Kier alpha value is -1.72. The molecule has 0 spiro atoms. The first-order chi connectivity index (χ1) is 9.42. The molecule has 1 amide bonds. The van der Waals surface area contributed by atoms with Gasteiger partial charge in [-0.25, -0.2) is 9.78 Å². The predicted molar refractivity (Wildman–Crippen MR) is 72.2 cm³/mol. The molecule has 6 heteroatoms. The Bertz CT molecular complexity index is 534. The highest BCUT2D eigenvalue weighted by Gasteiger charge is 2.31. The molecule has 1 saturated carbocycles. The number of hydrogen-bond donors (Lipinski definition) is 0. The van der Waals surface area contributed by atoms with E-state index in [0.29, 0.717) is 25.4 Å². The quantitative estimate of drug-likeness (QED) is 0.785. The van der Waals surface area contributed by atoms with Crippen LogP contribution < -0.4 is 0 Å². The minimum atomic E-state index is -0.472. The number of amides is 1. The highest BCUT2D eigenvalue weighted by Crippen LogP contribution is 2.38. The van der Waals surface area contributed by atoms with E-state index in [-0.39, 0.29) is 6.09 Å². The molecule has 1 fully saturated rings. The fourth-order valence-corrected chi connectivity index (χ4v) is 2.21. The smallest absolute Gasteiger partial charge is 0.410 e. The van der Waals surface area contributed by atoms with Crippen molar-refractivity contribution >= 4 is 6.09 Å². The minimum absolute atomic E-state index is 0.283. The Kier molecular flexibility index (Phi) is 3.11. The van der Waals surface area contributed by atoms with Crippen molar-refractivity contribution in [1.29, 1.82) is 0 Å². The lowest BCUT2D eigenvalue weighted by Gasteiger charge is -2.30. The van der Waals surface area contributed by atoms with Crippen molar-refractivity contribution in [2.45, 2.75) is 58.1 Å². The Balaban J connectivity index is 1.73. The number of nitrogens with zero attached hydrogens (tertiary/aromatic N) is 4. The second kappa shape index (κ2) is 4.68. The highest BCUT2D eigenvalue weighted by atomic mass is 16.6. The maximum absolute atomic E-state index is 12.1. The number of hydrogen-bond acceptors (Lipinski definition) is 5. The minimum Gasteiger partial charge on any atom is -0.444 e. The van der Waals surface area contributed by atoms with Gasteiger partial charge in [-0.2, -0.15) is 5.10 Å². The third-order valence-electron chi connectivity index (χ3n) is 3.41. The van der Waals surface area contributed by atoms with Crippen molar-refractivity contribution in [1.82, 2.24) is 20.1 Å². The van der Waals surface area contributed by atoms with E-state index in [2.05, 4.69) is 15.2 Å². The van der Waals surface area contributed by atoms with Gasteiger partial charge in [-0.15, -0.1) is 5.10 Å². The van der Waals surface area contributed by atoms with Crippen LogP contribution in [0.25, 0.3) is 0 Å². The van der Waals surface area contributed by atoms with E-state index in [1.807, 2.05) is 20.8 Å². The molecule has 0 unspecified atom stereocenters. The van der Waals surface area contributed by atoms with E-state index >= 15 is 0 Å². The number of carbonyl (C=O) groups excluding carboxylic acids is 1. The van der Waals surface area contributed by atoms with Crippen LogP contribution in [0.15, 0.2) is 0 Å². The molecule has 1 aliphatic carbocycles. The number of rotatable bonds is 1. The van der Waals surface area contributed by atoms with Crippen molar-refractivity contribution in [3.63, 3.8) is 0 Å². The lowest BCUT2D eigenvalue weighted by atomic mass is 10.1. The molecule has 1 aliphatic heterocycles. The molecule has 0 radical (unpaired) electrons. The first-order valence-electron chi connectivity index (χ1n) is 7.13. The number of aromatic nitrogens is 3. The third kappa shape index (κ3) is 2.89. The van der Waals surface area contributed by atoms with Crippen molar-refractivity contribution in [2.75, 3.05) is 6.54 Å². The van der Waals surface area contributed by atoms with Crippen LogP contribution >= 0.6 is 0 Å². The van der Waals surface area contributed by atoms with Gasteiger partial charge in [0.25, 0.3) is 0 Å². The first-order valence-corrected chi connectivity index (χ1v) is 7.13.